The quantitative estimate of drug-likeness (QED) is 0.569. The molecule has 3 rings (SSSR count). The fourth-order valence-corrected chi connectivity index (χ4v) is 5.25. The molecule has 1 aromatic rings. The Morgan fingerprint density at radius 1 is 1.07 bits per heavy atom. The smallest absolute Gasteiger partial charge is 0.338 e. The van der Waals surface area contributed by atoms with Crippen LogP contribution >= 0.6 is 7.60 Å². The third-order valence-corrected chi connectivity index (χ3v) is 7.25. The largest absolute Gasteiger partial charge is 0.376 e. The molecule has 158 valence electrons. The average Bonchev–Trinajstić information content (AvgIpc) is 3.18. The van der Waals surface area contributed by atoms with Crippen molar-refractivity contribution in [3.8, 4) is 0 Å². The third-order valence-electron chi connectivity index (χ3n) is 4.97. The van der Waals surface area contributed by atoms with Gasteiger partial charge in [-0.3, -0.25) is 4.57 Å². The molecule has 2 fully saturated rings. The predicted molar refractivity (Wildman–Crippen MR) is 101 cm³/mol. The van der Waals surface area contributed by atoms with Crippen molar-refractivity contribution in [3.05, 3.63) is 35.9 Å². The van der Waals surface area contributed by atoms with E-state index in [9.17, 15) is 4.57 Å². The van der Waals surface area contributed by atoms with Gasteiger partial charge in [-0.15, -0.1) is 0 Å². The standard InChI is InChI=1S/C19H29O8P/c1-19(2)26-16-15(25-18(21-3)17(16)27-19)14(28(20,22-4)23-5)12-24-11-13-9-7-6-8-10-13/h6-10,14-18H,11-12H2,1-5H3/t14-,15+,16-,17-,18-/m0/s1. The van der Waals surface area contributed by atoms with Crippen molar-refractivity contribution in [2.24, 2.45) is 0 Å². The van der Waals surface area contributed by atoms with Crippen molar-refractivity contribution < 1.29 is 37.3 Å². The predicted octanol–water partition coefficient (Wildman–Crippen LogP) is 2.95. The molecule has 2 heterocycles. The van der Waals surface area contributed by atoms with Gasteiger partial charge in [-0.1, -0.05) is 30.3 Å². The Bertz CT molecular complexity index is 674. The number of hydrogen-bond acceptors (Lipinski definition) is 8. The maximum absolute atomic E-state index is 13.3. The number of rotatable bonds is 9. The molecule has 0 N–H and O–H groups in total. The van der Waals surface area contributed by atoms with Crippen molar-refractivity contribution in [2.45, 2.75) is 56.5 Å². The van der Waals surface area contributed by atoms with Crippen LogP contribution in [0.25, 0.3) is 0 Å². The van der Waals surface area contributed by atoms with Gasteiger partial charge in [0, 0.05) is 21.3 Å². The number of ether oxygens (including phenoxy) is 5. The molecule has 0 aromatic heterocycles. The van der Waals surface area contributed by atoms with Gasteiger partial charge in [-0.05, 0) is 19.4 Å². The summed E-state index contributed by atoms with van der Waals surface area (Å²) in [5.41, 5.74) is 0.295. The molecule has 8 nitrogen and oxygen atoms in total. The molecule has 0 unspecified atom stereocenters. The second-order valence-corrected chi connectivity index (χ2v) is 9.72. The summed E-state index contributed by atoms with van der Waals surface area (Å²) >= 11 is 0. The molecule has 28 heavy (non-hydrogen) atoms. The van der Waals surface area contributed by atoms with E-state index >= 15 is 0 Å². The topological polar surface area (TPSA) is 81.7 Å². The van der Waals surface area contributed by atoms with Gasteiger partial charge in [0.2, 0.25) is 0 Å². The van der Waals surface area contributed by atoms with Crippen LogP contribution in [0.3, 0.4) is 0 Å². The number of methoxy groups -OCH3 is 1. The van der Waals surface area contributed by atoms with Gasteiger partial charge in [0.15, 0.2) is 12.1 Å². The second kappa shape index (κ2) is 8.90. The number of fused-ring (bicyclic) bond motifs is 1. The van der Waals surface area contributed by atoms with Crippen LogP contribution in [-0.2, 0) is 43.9 Å². The van der Waals surface area contributed by atoms with E-state index in [-0.39, 0.29) is 6.61 Å². The fraction of sp³-hybridized carbons (Fsp3) is 0.684. The molecule has 0 spiro atoms. The van der Waals surface area contributed by atoms with Gasteiger partial charge in [-0.25, -0.2) is 0 Å². The Morgan fingerprint density at radius 3 is 2.32 bits per heavy atom. The Kier molecular flexibility index (Phi) is 6.95. The molecular weight excluding hydrogens is 387 g/mol. The van der Waals surface area contributed by atoms with Crippen LogP contribution in [0.15, 0.2) is 30.3 Å². The maximum Gasteiger partial charge on any atom is 0.338 e. The summed E-state index contributed by atoms with van der Waals surface area (Å²) in [5.74, 6) is -0.798. The first kappa shape index (κ1) is 21.9. The molecular formula is C19H29O8P. The van der Waals surface area contributed by atoms with Crippen LogP contribution in [0, 0.1) is 0 Å². The van der Waals surface area contributed by atoms with Crippen molar-refractivity contribution >= 4 is 7.60 Å². The molecule has 2 saturated heterocycles. The lowest BCUT2D eigenvalue weighted by molar-refractivity contribution is -0.228. The Labute approximate surface area is 165 Å². The van der Waals surface area contributed by atoms with Crippen molar-refractivity contribution in [1.82, 2.24) is 0 Å². The minimum atomic E-state index is -3.53. The first-order valence-corrected chi connectivity index (χ1v) is 10.8. The van der Waals surface area contributed by atoms with E-state index in [4.69, 9.17) is 32.7 Å². The lowest BCUT2D eigenvalue weighted by Gasteiger charge is -2.31. The van der Waals surface area contributed by atoms with E-state index in [2.05, 4.69) is 0 Å². The van der Waals surface area contributed by atoms with E-state index in [1.54, 1.807) is 0 Å². The van der Waals surface area contributed by atoms with E-state index in [1.165, 1.54) is 21.3 Å². The van der Waals surface area contributed by atoms with Crippen LogP contribution in [-0.4, -0.2) is 64.0 Å². The molecule has 0 saturated carbocycles. The highest BCUT2D eigenvalue weighted by Crippen LogP contribution is 2.56. The summed E-state index contributed by atoms with van der Waals surface area (Å²) < 4.78 is 53.1. The van der Waals surface area contributed by atoms with Crippen LogP contribution < -0.4 is 0 Å². The summed E-state index contributed by atoms with van der Waals surface area (Å²) in [6.45, 7) is 4.11. The van der Waals surface area contributed by atoms with Crippen molar-refractivity contribution in [3.63, 3.8) is 0 Å². The lowest BCUT2D eigenvalue weighted by Crippen LogP contribution is -2.41. The molecule has 2 aliphatic heterocycles. The minimum absolute atomic E-state index is 0.0992. The highest BCUT2D eigenvalue weighted by molar-refractivity contribution is 7.54. The Balaban J connectivity index is 1.79. The van der Waals surface area contributed by atoms with Gasteiger partial charge in [0.05, 0.1) is 13.2 Å². The molecule has 1 aromatic carbocycles. The number of benzene rings is 1. The Morgan fingerprint density at radius 2 is 1.71 bits per heavy atom. The van der Waals surface area contributed by atoms with Gasteiger partial charge < -0.3 is 32.7 Å². The molecule has 0 bridgehead atoms. The molecule has 5 atom stereocenters. The van der Waals surface area contributed by atoms with Crippen LogP contribution in [0.5, 0.6) is 0 Å². The van der Waals surface area contributed by atoms with E-state index in [0.717, 1.165) is 5.56 Å². The lowest BCUT2D eigenvalue weighted by atomic mass is 10.1. The summed E-state index contributed by atoms with van der Waals surface area (Å²) in [4.78, 5) is 0. The first-order valence-electron chi connectivity index (χ1n) is 9.20. The molecule has 0 radical (unpaired) electrons. The first-order chi connectivity index (χ1) is 13.3. The monoisotopic (exact) mass is 416 g/mol. The minimum Gasteiger partial charge on any atom is -0.376 e. The van der Waals surface area contributed by atoms with Crippen LogP contribution in [0.2, 0.25) is 0 Å². The average molecular weight is 416 g/mol. The third kappa shape index (κ3) is 4.50. The van der Waals surface area contributed by atoms with Gasteiger partial charge in [0.1, 0.15) is 24.0 Å². The van der Waals surface area contributed by atoms with Crippen LogP contribution in [0.1, 0.15) is 19.4 Å². The highest BCUT2D eigenvalue weighted by Gasteiger charge is 2.60. The van der Waals surface area contributed by atoms with Gasteiger partial charge in [0.25, 0.3) is 0 Å². The summed E-state index contributed by atoms with van der Waals surface area (Å²) in [6, 6.07) is 9.73. The van der Waals surface area contributed by atoms with E-state index in [0.29, 0.717) is 6.61 Å². The normalized spacial score (nSPS) is 30.3. The zero-order valence-corrected chi connectivity index (χ0v) is 17.8. The zero-order chi connectivity index (χ0) is 20.4. The molecule has 2 aliphatic rings. The van der Waals surface area contributed by atoms with Gasteiger partial charge in [-0.2, -0.15) is 0 Å². The van der Waals surface area contributed by atoms with Crippen molar-refractivity contribution in [1.29, 1.82) is 0 Å². The SMILES string of the molecule is CO[C@H]1O[C@H]([C@H](COCc2ccccc2)P(=O)(OC)OC)[C@@H]2OC(C)(C)O[C@H]12. The zero-order valence-electron chi connectivity index (χ0n) is 16.9. The second-order valence-electron chi connectivity index (χ2n) is 7.24. The summed E-state index contributed by atoms with van der Waals surface area (Å²) in [7, 11) is 0.706. The van der Waals surface area contributed by atoms with Crippen molar-refractivity contribution in [2.75, 3.05) is 27.9 Å². The maximum atomic E-state index is 13.3. The van der Waals surface area contributed by atoms with Gasteiger partial charge >= 0.3 is 7.60 Å². The number of hydrogen-bond donors (Lipinski definition) is 0. The summed E-state index contributed by atoms with van der Waals surface area (Å²) in [5, 5.41) is 0. The van der Waals surface area contributed by atoms with E-state index < -0.39 is 43.6 Å². The van der Waals surface area contributed by atoms with Crippen LogP contribution in [0.4, 0.5) is 0 Å². The Hall–Kier alpha value is -0.830. The van der Waals surface area contributed by atoms with E-state index in [1.807, 2.05) is 44.2 Å². The summed E-state index contributed by atoms with van der Waals surface area (Å²) in [6.07, 6.45) is -2.21. The molecule has 0 amide bonds. The highest BCUT2D eigenvalue weighted by atomic mass is 31.2. The molecule has 9 heteroatoms. The molecule has 0 aliphatic carbocycles. The fourth-order valence-electron chi connectivity index (χ4n) is 3.67.